The molecule has 1 aliphatic rings. The van der Waals surface area contributed by atoms with Gasteiger partial charge in [-0.1, -0.05) is 96.8 Å². The van der Waals surface area contributed by atoms with Crippen LogP contribution in [0.3, 0.4) is 0 Å². The van der Waals surface area contributed by atoms with Crippen molar-refractivity contribution in [3.63, 3.8) is 0 Å². The summed E-state index contributed by atoms with van der Waals surface area (Å²) in [5.74, 6) is -1.04. The summed E-state index contributed by atoms with van der Waals surface area (Å²) in [6, 6.07) is -0.621. The molecule has 1 heterocycles. The van der Waals surface area contributed by atoms with Crippen molar-refractivity contribution in [1.82, 2.24) is 10.6 Å². The Morgan fingerprint density at radius 1 is 0.778 bits per heavy atom. The number of hydrogen-bond acceptors (Lipinski definition) is 4. The van der Waals surface area contributed by atoms with Crippen LogP contribution < -0.4 is 10.6 Å². The Balaban J connectivity index is 1.79. The number of urea groups is 1. The van der Waals surface area contributed by atoms with Crippen LogP contribution in [0.5, 0.6) is 0 Å². The van der Waals surface area contributed by atoms with Gasteiger partial charge in [0, 0.05) is 6.42 Å². The Labute approximate surface area is 164 Å². The molecule has 3 amide bonds. The van der Waals surface area contributed by atoms with Crippen molar-refractivity contribution in [3.05, 3.63) is 0 Å². The molecular formula is C21H38N2O4. The van der Waals surface area contributed by atoms with E-state index in [1.54, 1.807) is 0 Å². The van der Waals surface area contributed by atoms with E-state index < -0.39 is 24.1 Å². The van der Waals surface area contributed by atoms with E-state index in [0.29, 0.717) is 0 Å². The molecule has 1 atom stereocenters. The maximum Gasteiger partial charge on any atom is 0.324 e. The number of imide groups is 1. The number of rotatable bonds is 17. The van der Waals surface area contributed by atoms with Gasteiger partial charge in [-0.05, 0) is 6.42 Å². The van der Waals surface area contributed by atoms with Crippen molar-refractivity contribution in [3.8, 4) is 0 Å². The number of esters is 1. The summed E-state index contributed by atoms with van der Waals surface area (Å²) < 4.78 is 4.93. The van der Waals surface area contributed by atoms with Gasteiger partial charge < -0.3 is 4.74 Å². The molecule has 6 heteroatoms. The molecule has 1 saturated heterocycles. The molecular weight excluding hydrogens is 344 g/mol. The minimum atomic E-state index is -1.17. The minimum Gasteiger partial charge on any atom is -0.432 e. The molecule has 1 rings (SSSR count). The van der Waals surface area contributed by atoms with E-state index in [0.717, 1.165) is 19.3 Å². The molecule has 6 nitrogen and oxygen atoms in total. The standard InChI is InChI=1S/C21H38N2O4/c1-2-3-4-5-6-7-8-9-10-11-12-13-14-15-16-17-18(24)27-20-19(25)22-21(26)23-20/h20H,2-17H2,1H3,(H2,22,23,25,26). The van der Waals surface area contributed by atoms with Crippen molar-refractivity contribution in [1.29, 1.82) is 0 Å². The molecule has 156 valence electrons. The predicted molar refractivity (Wildman–Crippen MR) is 106 cm³/mol. The van der Waals surface area contributed by atoms with Gasteiger partial charge in [-0.25, -0.2) is 4.79 Å². The van der Waals surface area contributed by atoms with Crippen LogP contribution >= 0.6 is 0 Å². The van der Waals surface area contributed by atoms with Crippen LogP contribution in [0.4, 0.5) is 4.79 Å². The SMILES string of the molecule is CCCCCCCCCCCCCCCCCC(=O)OC1NC(=O)NC1=O. The fourth-order valence-corrected chi connectivity index (χ4v) is 3.31. The molecule has 0 aromatic carbocycles. The smallest absolute Gasteiger partial charge is 0.324 e. The fraction of sp³-hybridized carbons (Fsp3) is 0.857. The fourth-order valence-electron chi connectivity index (χ4n) is 3.31. The molecule has 1 fully saturated rings. The van der Waals surface area contributed by atoms with Crippen LogP contribution in [-0.4, -0.2) is 24.1 Å². The zero-order chi connectivity index (χ0) is 19.7. The lowest BCUT2D eigenvalue weighted by Crippen LogP contribution is -2.34. The third kappa shape index (κ3) is 12.4. The number of carbonyl (C=O) groups excluding carboxylic acids is 3. The second-order valence-corrected chi connectivity index (χ2v) is 7.53. The van der Waals surface area contributed by atoms with Gasteiger partial charge >= 0.3 is 12.0 Å². The first-order valence-electron chi connectivity index (χ1n) is 10.9. The number of carbonyl (C=O) groups is 3. The van der Waals surface area contributed by atoms with Crippen molar-refractivity contribution < 1.29 is 19.1 Å². The highest BCUT2D eigenvalue weighted by Gasteiger charge is 2.32. The minimum absolute atomic E-state index is 0.290. The average molecular weight is 383 g/mol. The van der Waals surface area contributed by atoms with Gasteiger partial charge in [-0.3, -0.25) is 20.2 Å². The van der Waals surface area contributed by atoms with Crippen LogP contribution in [0.25, 0.3) is 0 Å². The molecule has 0 aliphatic carbocycles. The number of ether oxygens (including phenoxy) is 1. The van der Waals surface area contributed by atoms with E-state index in [4.69, 9.17) is 4.74 Å². The Morgan fingerprint density at radius 2 is 1.22 bits per heavy atom. The molecule has 0 saturated carbocycles. The lowest BCUT2D eigenvalue weighted by Gasteiger charge is -2.09. The normalized spacial score (nSPS) is 16.3. The summed E-state index contributed by atoms with van der Waals surface area (Å²) in [5.41, 5.74) is 0. The Hall–Kier alpha value is -1.59. The summed E-state index contributed by atoms with van der Waals surface area (Å²) >= 11 is 0. The Kier molecular flexibility index (Phi) is 13.4. The summed E-state index contributed by atoms with van der Waals surface area (Å²) in [4.78, 5) is 33.8. The van der Waals surface area contributed by atoms with Gasteiger partial charge in [-0.15, -0.1) is 0 Å². The van der Waals surface area contributed by atoms with Crippen molar-refractivity contribution in [2.45, 2.75) is 116 Å². The second-order valence-electron chi connectivity index (χ2n) is 7.53. The van der Waals surface area contributed by atoms with Crippen LogP contribution in [0, 0.1) is 0 Å². The van der Waals surface area contributed by atoms with Gasteiger partial charge in [0.25, 0.3) is 12.1 Å². The first-order chi connectivity index (χ1) is 13.1. The largest absolute Gasteiger partial charge is 0.432 e. The third-order valence-corrected chi connectivity index (χ3v) is 4.97. The van der Waals surface area contributed by atoms with E-state index in [1.165, 1.54) is 77.0 Å². The summed E-state index contributed by atoms with van der Waals surface area (Å²) in [7, 11) is 0. The van der Waals surface area contributed by atoms with E-state index in [2.05, 4.69) is 12.2 Å². The second kappa shape index (κ2) is 15.5. The summed E-state index contributed by atoms with van der Waals surface area (Å²) in [6.07, 6.45) is 18.2. The van der Waals surface area contributed by atoms with Gasteiger partial charge in [0.05, 0.1) is 0 Å². The van der Waals surface area contributed by atoms with Gasteiger partial charge in [-0.2, -0.15) is 0 Å². The van der Waals surface area contributed by atoms with Crippen molar-refractivity contribution in [2.24, 2.45) is 0 Å². The molecule has 0 aromatic rings. The average Bonchev–Trinajstić information content (AvgIpc) is 2.95. The topological polar surface area (TPSA) is 84.5 Å². The number of hydrogen-bond donors (Lipinski definition) is 2. The molecule has 0 radical (unpaired) electrons. The summed E-state index contributed by atoms with van der Waals surface area (Å²) in [5, 5.41) is 4.27. The predicted octanol–water partition coefficient (Wildman–Crippen LogP) is 4.96. The number of unbranched alkanes of at least 4 members (excludes halogenated alkanes) is 14. The lowest BCUT2D eigenvalue weighted by atomic mass is 10.0. The molecule has 0 aromatic heterocycles. The van der Waals surface area contributed by atoms with Gasteiger partial charge in [0.2, 0.25) is 0 Å². The van der Waals surface area contributed by atoms with Crippen LogP contribution in [0.2, 0.25) is 0 Å². The molecule has 0 spiro atoms. The van der Waals surface area contributed by atoms with E-state index in [-0.39, 0.29) is 6.42 Å². The zero-order valence-electron chi connectivity index (χ0n) is 17.0. The summed E-state index contributed by atoms with van der Waals surface area (Å²) in [6.45, 7) is 2.26. The van der Waals surface area contributed by atoms with Crippen LogP contribution in [-0.2, 0) is 14.3 Å². The van der Waals surface area contributed by atoms with Crippen molar-refractivity contribution in [2.75, 3.05) is 0 Å². The zero-order valence-corrected chi connectivity index (χ0v) is 17.0. The quantitative estimate of drug-likeness (QED) is 0.212. The van der Waals surface area contributed by atoms with E-state index >= 15 is 0 Å². The molecule has 0 bridgehead atoms. The lowest BCUT2D eigenvalue weighted by molar-refractivity contribution is -0.155. The maximum absolute atomic E-state index is 11.6. The third-order valence-electron chi connectivity index (χ3n) is 4.97. The highest BCUT2D eigenvalue weighted by Crippen LogP contribution is 2.14. The first-order valence-corrected chi connectivity index (χ1v) is 10.9. The first kappa shape index (κ1) is 23.4. The van der Waals surface area contributed by atoms with Gasteiger partial charge in [0.15, 0.2) is 0 Å². The van der Waals surface area contributed by atoms with Crippen LogP contribution in [0.1, 0.15) is 110 Å². The maximum atomic E-state index is 11.6. The number of amides is 3. The highest BCUT2D eigenvalue weighted by atomic mass is 16.6. The molecule has 1 aliphatic heterocycles. The van der Waals surface area contributed by atoms with E-state index in [1.807, 2.05) is 5.32 Å². The van der Waals surface area contributed by atoms with Crippen molar-refractivity contribution >= 4 is 17.9 Å². The number of nitrogens with one attached hydrogen (secondary N) is 2. The molecule has 27 heavy (non-hydrogen) atoms. The molecule has 2 N–H and O–H groups in total. The Morgan fingerprint density at radius 3 is 1.63 bits per heavy atom. The molecule has 1 unspecified atom stereocenters. The van der Waals surface area contributed by atoms with Crippen LogP contribution in [0.15, 0.2) is 0 Å². The monoisotopic (exact) mass is 382 g/mol. The Bertz CT molecular complexity index is 440. The highest BCUT2D eigenvalue weighted by molar-refractivity contribution is 6.04. The van der Waals surface area contributed by atoms with E-state index in [9.17, 15) is 14.4 Å². The van der Waals surface area contributed by atoms with Gasteiger partial charge in [0.1, 0.15) is 0 Å².